The van der Waals surface area contributed by atoms with Crippen molar-refractivity contribution >= 4 is 19.9 Å². The molecular weight excluding hydrogens is 131 g/mol. The Kier molecular flexibility index (Phi) is 13.6. The van der Waals surface area contributed by atoms with Crippen LogP contribution in [0.4, 0.5) is 0 Å². The Labute approximate surface area is 53.5 Å². The van der Waals surface area contributed by atoms with Gasteiger partial charge in [0.05, 0.1) is 0 Å². The van der Waals surface area contributed by atoms with Crippen molar-refractivity contribution in [3.63, 3.8) is 0 Å². The molecule has 0 radical (unpaired) electrons. The average molecular weight is 138 g/mol. The largest absolute Gasteiger partial charge is 0.636 e. The van der Waals surface area contributed by atoms with Crippen LogP contribution < -0.4 is 0 Å². The highest BCUT2D eigenvalue weighted by atomic mass is 32.1. The molecule has 4 nitrogen and oxygen atoms in total. The van der Waals surface area contributed by atoms with Gasteiger partial charge in [0, 0.05) is 14.2 Å². The molecule has 0 rings (SSSR count). The fourth-order valence-electron chi connectivity index (χ4n) is 0.0962. The summed E-state index contributed by atoms with van der Waals surface area (Å²) in [6, 6.07) is 0. The van der Waals surface area contributed by atoms with Gasteiger partial charge in [0.25, 0.3) is 0 Å². The highest BCUT2D eigenvalue weighted by Crippen LogP contribution is 1.71. The molecule has 0 spiro atoms. The summed E-state index contributed by atoms with van der Waals surface area (Å²) in [5.41, 5.74) is 0. The van der Waals surface area contributed by atoms with Crippen molar-refractivity contribution in [2.45, 2.75) is 0 Å². The van der Waals surface area contributed by atoms with Gasteiger partial charge in [-0.25, -0.2) is 0 Å². The Bertz CT molecular complexity index is 41.0. The molecule has 0 aliphatic heterocycles. The van der Waals surface area contributed by atoms with Crippen LogP contribution >= 0.6 is 0 Å². The molecule has 0 aliphatic carbocycles. The quantitative estimate of drug-likeness (QED) is 0.492. The maximum absolute atomic E-state index is 8.22. The normalized spacial score (nSPS) is 6.88. The van der Waals surface area contributed by atoms with Crippen LogP contribution in [0.3, 0.4) is 0 Å². The molecule has 0 atom stereocenters. The van der Waals surface area contributed by atoms with Crippen molar-refractivity contribution in [3.05, 3.63) is 0 Å². The van der Waals surface area contributed by atoms with Gasteiger partial charge >= 0.3 is 7.32 Å². The average Bonchev–Trinajstić information content (AvgIpc) is 1.91. The molecular formula is C2H7BO4S. The summed E-state index contributed by atoms with van der Waals surface area (Å²) in [5.74, 6) is 0. The Balaban J connectivity index is 0. The minimum atomic E-state index is -1.06. The molecule has 0 saturated heterocycles. The van der Waals surface area contributed by atoms with Gasteiger partial charge in [0.1, 0.15) is 0 Å². The minimum absolute atomic E-state index is 1.06. The lowest BCUT2D eigenvalue weighted by molar-refractivity contribution is 0.193. The van der Waals surface area contributed by atoms with Crippen LogP contribution in [-0.2, 0) is 21.8 Å². The molecule has 1 N–H and O–H groups in total. The summed E-state index contributed by atoms with van der Waals surface area (Å²) >= 11 is 2.83. The second-order valence-electron chi connectivity index (χ2n) is 0.778. The predicted octanol–water partition coefficient (Wildman–Crippen LogP) is -1.08. The van der Waals surface area contributed by atoms with Crippen LogP contribution in [0.1, 0.15) is 0 Å². The number of hydrogen-bond acceptors (Lipinski definition) is 5. The van der Waals surface area contributed by atoms with Gasteiger partial charge in [-0.3, -0.25) is 0 Å². The summed E-state index contributed by atoms with van der Waals surface area (Å²) in [4.78, 5) is 0. The van der Waals surface area contributed by atoms with Crippen LogP contribution in [0.15, 0.2) is 0 Å². The molecule has 0 aliphatic rings. The van der Waals surface area contributed by atoms with Gasteiger partial charge in [-0.15, -0.1) is 0 Å². The van der Waals surface area contributed by atoms with Crippen molar-refractivity contribution in [2.24, 2.45) is 0 Å². The van der Waals surface area contributed by atoms with Crippen molar-refractivity contribution in [2.75, 3.05) is 14.2 Å². The first-order valence-corrected chi connectivity index (χ1v) is 2.05. The number of hydrogen-bond donors (Lipinski definition) is 1. The predicted molar refractivity (Wildman–Crippen MR) is 30.1 cm³/mol. The van der Waals surface area contributed by atoms with Gasteiger partial charge in [0.15, 0.2) is 12.5 Å². The van der Waals surface area contributed by atoms with E-state index in [9.17, 15) is 0 Å². The second kappa shape index (κ2) is 10.1. The van der Waals surface area contributed by atoms with E-state index in [-0.39, 0.29) is 0 Å². The molecule has 0 aromatic carbocycles. The molecule has 0 aromatic rings. The van der Waals surface area contributed by atoms with Crippen LogP contribution in [0.2, 0.25) is 0 Å². The van der Waals surface area contributed by atoms with E-state index in [4.69, 9.17) is 9.23 Å². The first kappa shape index (κ1) is 10.9. The zero-order valence-electron chi connectivity index (χ0n) is 4.66. The Morgan fingerprint density at radius 1 is 1.38 bits per heavy atom. The highest BCUT2D eigenvalue weighted by molar-refractivity contribution is 7.44. The van der Waals surface area contributed by atoms with E-state index in [1.807, 2.05) is 0 Å². The summed E-state index contributed by atoms with van der Waals surface area (Å²) in [7, 11) is 1.65. The Morgan fingerprint density at radius 3 is 1.62 bits per heavy atom. The number of rotatable bonds is 2. The van der Waals surface area contributed by atoms with E-state index in [1.54, 1.807) is 0 Å². The third-order valence-corrected chi connectivity index (χ3v) is 0.403. The minimum Gasteiger partial charge on any atom is -0.402 e. The fourth-order valence-corrected chi connectivity index (χ4v) is 0.0962. The fraction of sp³-hybridized carbons (Fsp3) is 1.00. The van der Waals surface area contributed by atoms with Gasteiger partial charge in [0.2, 0.25) is 0 Å². The van der Waals surface area contributed by atoms with Crippen molar-refractivity contribution < 1.29 is 18.5 Å². The smallest absolute Gasteiger partial charge is 0.402 e. The summed E-state index contributed by atoms with van der Waals surface area (Å²) in [6.07, 6.45) is 0. The Morgan fingerprint density at radius 2 is 1.62 bits per heavy atom. The molecule has 0 fully saturated rings. The van der Waals surface area contributed by atoms with E-state index in [0.29, 0.717) is 0 Å². The zero-order chi connectivity index (χ0) is 6.99. The maximum Gasteiger partial charge on any atom is 0.636 e. The van der Waals surface area contributed by atoms with Crippen LogP contribution in [0, 0.1) is 0 Å². The van der Waals surface area contributed by atoms with Crippen molar-refractivity contribution in [3.8, 4) is 0 Å². The molecule has 0 amide bonds. The lowest BCUT2D eigenvalue weighted by Crippen LogP contribution is -2.17. The van der Waals surface area contributed by atoms with Gasteiger partial charge < -0.3 is 14.3 Å². The third kappa shape index (κ3) is 9.35. The Hall–Kier alpha value is -0.0351. The summed E-state index contributed by atoms with van der Waals surface area (Å²) in [6.45, 7) is 0. The summed E-state index contributed by atoms with van der Waals surface area (Å²) < 4.78 is 16.3. The van der Waals surface area contributed by atoms with E-state index in [0.717, 1.165) is 0 Å². The van der Waals surface area contributed by atoms with Crippen molar-refractivity contribution in [1.82, 2.24) is 0 Å². The first-order valence-electron chi connectivity index (χ1n) is 1.71. The highest BCUT2D eigenvalue weighted by Gasteiger charge is 2.06. The van der Waals surface area contributed by atoms with Crippen LogP contribution in [-0.4, -0.2) is 30.8 Å². The van der Waals surface area contributed by atoms with E-state index < -0.39 is 7.32 Å². The second-order valence-corrected chi connectivity index (χ2v) is 0.778. The topological polar surface area (TPSA) is 55.8 Å². The van der Waals surface area contributed by atoms with E-state index >= 15 is 0 Å². The standard InChI is InChI=1S/C2H7BO3.OS/c1-5-3(4)6-2;1-2/h4H,1-2H3;. The molecule has 0 unspecified atom stereocenters. The monoisotopic (exact) mass is 138 g/mol. The lowest BCUT2D eigenvalue weighted by Gasteiger charge is -1.94. The molecule has 48 valence electrons. The van der Waals surface area contributed by atoms with Gasteiger partial charge in [-0.2, -0.15) is 4.21 Å². The van der Waals surface area contributed by atoms with E-state index in [1.165, 1.54) is 14.2 Å². The van der Waals surface area contributed by atoms with Crippen molar-refractivity contribution in [1.29, 1.82) is 0 Å². The van der Waals surface area contributed by atoms with Crippen LogP contribution in [0.5, 0.6) is 0 Å². The molecule has 0 heterocycles. The third-order valence-electron chi connectivity index (χ3n) is 0.403. The maximum atomic E-state index is 8.22. The van der Waals surface area contributed by atoms with Gasteiger partial charge in [-0.05, 0) is 0 Å². The SMILES string of the molecule is COB(O)OC.O=S. The van der Waals surface area contributed by atoms with Crippen LogP contribution in [0.25, 0.3) is 0 Å². The molecule has 0 saturated carbocycles. The molecule has 0 aromatic heterocycles. The zero-order valence-corrected chi connectivity index (χ0v) is 5.47. The molecule has 8 heavy (non-hydrogen) atoms. The summed E-state index contributed by atoms with van der Waals surface area (Å²) in [5, 5.41) is 8.22. The molecule has 0 bridgehead atoms. The lowest BCUT2D eigenvalue weighted by atomic mass is 10.3. The molecule has 6 heteroatoms. The van der Waals surface area contributed by atoms with Gasteiger partial charge in [-0.1, -0.05) is 0 Å². The first-order chi connectivity index (χ1) is 3.81. The van der Waals surface area contributed by atoms with E-state index in [2.05, 4.69) is 21.8 Å².